The van der Waals surface area contributed by atoms with Crippen LogP contribution < -0.4 is 4.74 Å². The molecule has 0 N–H and O–H groups in total. The molecule has 0 aliphatic heterocycles. The van der Waals surface area contributed by atoms with Gasteiger partial charge >= 0.3 is 0 Å². The van der Waals surface area contributed by atoms with E-state index in [0.717, 1.165) is 31.3 Å². The minimum atomic E-state index is -0.0446. The molecule has 4 heteroatoms. The fraction of sp³-hybridized carbons (Fsp3) is 0.462. The molecule has 0 saturated heterocycles. The zero-order chi connectivity index (χ0) is 12.1. The van der Waals surface area contributed by atoms with Crippen molar-refractivity contribution in [1.29, 1.82) is 0 Å². The lowest BCUT2D eigenvalue weighted by molar-refractivity contribution is 0.102. The lowest BCUT2D eigenvalue weighted by atomic mass is 10.0. The second-order valence-corrected chi connectivity index (χ2v) is 4.07. The average Bonchev–Trinajstić information content (AvgIpc) is 2.66. The fourth-order valence-corrected chi connectivity index (χ4v) is 2.00. The second-order valence-electron chi connectivity index (χ2n) is 4.07. The van der Waals surface area contributed by atoms with Gasteiger partial charge in [-0.2, -0.15) is 0 Å². The van der Waals surface area contributed by atoms with E-state index in [1.54, 1.807) is 0 Å². The number of ether oxygens (including phenoxy) is 1. The SMILES string of the molecule is COc1nccnc1C(=O)C1=CCCCCC1. The van der Waals surface area contributed by atoms with Crippen LogP contribution in [0.15, 0.2) is 24.0 Å². The lowest BCUT2D eigenvalue weighted by Crippen LogP contribution is -2.09. The highest BCUT2D eigenvalue weighted by molar-refractivity contribution is 6.08. The maximum Gasteiger partial charge on any atom is 0.243 e. The molecule has 1 heterocycles. The van der Waals surface area contributed by atoms with Gasteiger partial charge in [-0.3, -0.25) is 4.79 Å². The van der Waals surface area contributed by atoms with Crippen molar-refractivity contribution < 1.29 is 9.53 Å². The average molecular weight is 232 g/mol. The fourth-order valence-electron chi connectivity index (χ4n) is 2.00. The molecule has 0 radical (unpaired) electrons. The van der Waals surface area contributed by atoms with E-state index in [1.807, 2.05) is 6.08 Å². The summed E-state index contributed by atoms with van der Waals surface area (Å²) in [6.45, 7) is 0. The number of ketones is 1. The topological polar surface area (TPSA) is 52.1 Å². The smallest absolute Gasteiger partial charge is 0.243 e. The van der Waals surface area contributed by atoms with Crippen LogP contribution in [0.1, 0.15) is 42.6 Å². The van der Waals surface area contributed by atoms with Gasteiger partial charge in [0, 0.05) is 12.4 Å². The Labute approximate surface area is 101 Å². The van der Waals surface area contributed by atoms with Gasteiger partial charge in [0.15, 0.2) is 5.69 Å². The molecule has 0 amide bonds. The Morgan fingerprint density at radius 1 is 1.24 bits per heavy atom. The van der Waals surface area contributed by atoms with Crippen molar-refractivity contribution in [1.82, 2.24) is 9.97 Å². The molecular weight excluding hydrogens is 216 g/mol. The quantitative estimate of drug-likeness (QED) is 0.751. The Bertz CT molecular complexity index is 441. The summed E-state index contributed by atoms with van der Waals surface area (Å²) < 4.78 is 5.07. The zero-order valence-corrected chi connectivity index (χ0v) is 9.98. The summed E-state index contributed by atoms with van der Waals surface area (Å²) in [6, 6.07) is 0. The van der Waals surface area contributed by atoms with Gasteiger partial charge in [-0.05, 0) is 31.3 Å². The number of hydrogen-bond donors (Lipinski definition) is 0. The summed E-state index contributed by atoms with van der Waals surface area (Å²) in [6.07, 6.45) is 10.3. The molecule has 1 aliphatic rings. The van der Waals surface area contributed by atoms with Gasteiger partial charge in [0.05, 0.1) is 7.11 Å². The van der Waals surface area contributed by atoms with Crippen LogP contribution in [-0.2, 0) is 0 Å². The molecule has 0 aromatic carbocycles. The Morgan fingerprint density at radius 2 is 2.06 bits per heavy atom. The van der Waals surface area contributed by atoms with E-state index < -0.39 is 0 Å². The summed E-state index contributed by atoms with van der Waals surface area (Å²) >= 11 is 0. The second kappa shape index (κ2) is 5.57. The number of rotatable bonds is 3. The largest absolute Gasteiger partial charge is 0.479 e. The van der Waals surface area contributed by atoms with Crippen molar-refractivity contribution in [3.63, 3.8) is 0 Å². The van der Waals surface area contributed by atoms with E-state index in [4.69, 9.17) is 4.74 Å². The summed E-state index contributed by atoms with van der Waals surface area (Å²) in [5.74, 6) is 0.263. The molecular formula is C13H16N2O2. The van der Waals surface area contributed by atoms with Crippen molar-refractivity contribution in [2.45, 2.75) is 32.1 Å². The number of nitrogens with zero attached hydrogens (tertiary/aromatic N) is 2. The molecule has 1 aliphatic carbocycles. The molecule has 0 spiro atoms. The monoisotopic (exact) mass is 232 g/mol. The van der Waals surface area contributed by atoms with E-state index >= 15 is 0 Å². The number of hydrogen-bond acceptors (Lipinski definition) is 4. The minimum absolute atomic E-state index is 0.0446. The van der Waals surface area contributed by atoms with Crippen LogP contribution in [0.5, 0.6) is 5.88 Å². The van der Waals surface area contributed by atoms with Crippen molar-refractivity contribution >= 4 is 5.78 Å². The predicted molar refractivity (Wildman–Crippen MR) is 64.1 cm³/mol. The molecule has 0 bridgehead atoms. The molecule has 4 nitrogen and oxygen atoms in total. The normalized spacial score (nSPS) is 15.9. The van der Waals surface area contributed by atoms with Crippen LogP contribution in [0.2, 0.25) is 0 Å². The maximum absolute atomic E-state index is 12.3. The summed E-state index contributed by atoms with van der Waals surface area (Å²) in [4.78, 5) is 20.4. The standard InChI is InChI=1S/C13H16N2O2/c1-17-13-11(14-8-9-15-13)12(16)10-6-4-2-3-5-7-10/h6,8-9H,2-5,7H2,1H3. The van der Waals surface area contributed by atoms with Gasteiger partial charge in [-0.1, -0.05) is 12.5 Å². The van der Waals surface area contributed by atoms with E-state index in [9.17, 15) is 4.79 Å². The van der Waals surface area contributed by atoms with Crippen LogP contribution in [0, 0.1) is 0 Å². The van der Waals surface area contributed by atoms with Crippen LogP contribution in [0.25, 0.3) is 0 Å². The van der Waals surface area contributed by atoms with Gasteiger partial charge in [0.2, 0.25) is 11.7 Å². The molecule has 0 saturated carbocycles. The first-order valence-electron chi connectivity index (χ1n) is 5.91. The number of Topliss-reactive ketones (excluding diaryl/α,β-unsaturated/α-hetero) is 1. The number of allylic oxidation sites excluding steroid dienone is 2. The molecule has 0 atom stereocenters. The molecule has 0 unspecified atom stereocenters. The van der Waals surface area contributed by atoms with Crippen LogP contribution >= 0.6 is 0 Å². The zero-order valence-electron chi connectivity index (χ0n) is 9.98. The van der Waals surface area contributed by atoms with Crippen LogP contribution in [-0.4, -0.2) is 22.9 Å². The Kier molecular flexibility index (Phi) is 3.85. The van der Waals surface area contributed by atoms with Crippen molar-refractivity contribution in [3.8, 4) is 5.88 Å². The molecule has 90 valence electrons. The molecule has 1 aromatic rings. The number of carbonyl (C=O) groups excluding carboxylic acids is 1. The van der Waals surface area contributed by atoms with Gasteiger partial charge in [-0.15, -0.1) is 0 Å². The van der Waals surface area contributed by atoms with Crippen molar-refractivity contribution in [3.05, 3.63) is 29.7 Å². The van der Waals surface area contributed by atoms with Gasteiger partial charge < -0.3 is 4.74 Å². The van der Waals surface area contributed by atoms with E-state index in [2.05, 4.69) is 9.97 Å². The molecule has 2 rings (SSSR count). The van der Waals surface area contributed by atoms with Gasteiger partial charge in [0.25, 0.3) is 0 Å². The minimum Gasteiger partial charge on any atom is -0.479 e. The maximum atomic E-state index is 12.3. The van der Waals surface area contributed by atoms with Gasteiger partial charge in [0.1, 0.15) is 0 Å². The molecule has 1 aromatic heterocycles. The first-order valence-corrected chi connectivity index (χ1v) is 5.91. The van der Waals surface area contributed by atoms with E-state index in [-0.39, 0.29) is 5.78 Å². The first kappa shape index (κ1) is 11.8. The van der Waals surface area contributed by atoms with Crippen molar-refractivity contribution in [2.24, 2.45) is 0 Å². The van der Waals surface area contributed by atoms with Gasteiger partial charge in [-0.25, -0.2) is 9.97 Å². The molecule has 0 fully saturated rings. The highest BCUT2D eigenvalue weighted by Gasteiger charge is 2.19. The van der Waals surface area contributed by atoms with E-state index in [0.29, 0.717) is 11.6 Å². The summed E-state index contributed by atoms with van der Waals surface area (Å²) in [5, 5.41) is 0. The van der Waals surface area contributed by atoms with Crippen LogP contribution in [0.3, 0.4) is 0 Å². The number of methoxy groups -OCH3 is 1. The molecule has 17 heavy (non-hydrogen) atoms. The number of aromatic nitrogens is 2. The Hall–Kier alpha value is -1.71. The third-order valence-electron chi connectivity index (χ3n) is 2.91. The first-order chi connectivity index (χ1) is 8.33. The predicted octanol–water partition coefficient (Wildman–Crippen LogP) is 2.56. The highest BCUT2D eigenvalue weighted by atomic mass is 16.5. The highest BCUT2D eigenvalue weighted by Crippen LogP contribution is 2.22. The third-order valence-corrected chi connectivity index (χ3v) is 2.91. The lowest BCUT2D eigenvalue weighted by Gasteiger charge is -2.06. The van der Waals surface area contributed by atoms with Crippen molar-refractivity contribution in [2.75, 3.05) is 7.11 Å². The van der Waals surface area contributed by atoms with E-state index in [1.165, 1.54) is 25.9 Å². The Morgan fingerprint density at radius 3 is 2.88 bits per heavy atom. The van der Waals surface area contributed by atoms with Crippen LogP contribution in [0.4, 0.5) is 0 Å². The summed E-state index contributed by atoms with van der Waals surface area (Å²) in [7, 11) is 1.50. The Balaban J connectivity index is 2.26. The third kappa shape index (κ3) is 2.70. The summed E-state index contributed by atoms with van der Waals surface area (Å²) in [5.41, 5.74) is 1.17. The number of carbonyl (C=O) groups is 1.